The molecule has 0 spiro atoms. The van der Waals surface area contributed by atoms with E-state index in [1.165, 1.54) is 16.8 Å². The van der Waals surface area contributed by atoms with Crippen LogP contribution in [0.4, 0.5) is 0 Å². The molecule has 3 aromatic rings. The van der Waals surface area contributed by atoms with Gasteiger partial charge >= 0.3 is 0 Å². The van der Waals surface area contributed by atoms with Gasteiger partial charge in [0, 0.05) is 35.8 Å². The lowest BCUT2D eigenvalue weighted by Crippen LogP contribution is -2.06. The van der Waals surface area contributed by atoms with E-state index in [9.17, 15) is 5.11 Å². The molecule has 28 heavy (non-hydrogen) atoms. The first-order valence-electron chi connectivity index (χ1n) is 10.6. The van der Waals surface area contributed by atoms with Gasteiger partial charge in [0.05, 0.1) is 16.7 Å². The first-order chi connectivity index (χ1) is 13.5. The third-order valence-corrected chi connectivity index (χ3v) is 5.60. The molecule has 1 N–H and O–H groups in total. The summed E-state index contributed by atoms with van der Waals surface area (Å²) in [6.07, 6.45) is 6.88. The van der Waals surface area contributed by atoms with E-state index in [0.717, 1.165) is 60.1 Å². The van der Waals surface area contributed by atoms with E-state index >= 15 is 0 Å². The summed E-state index contributed by atoms with van der Waals surface area (Å²) >= 11 is 0. The van der Waals surface area contributed by atoms with E-state index in [0.29, 0.717) is 0 Å². The number of fused-ring (bicyclic) bond motifs is 1. The normalized spacial score (nSPS) is 12.6. The van der Waals surface area contributed by atoms with Gasteiger partial charge in [-0.05, 0) is 68.9 Å². The molecule has 1 atom stereocenters. The minimum Gasteiger partial charge on any atom is -0.396 e. The minimum atomic E-state index is 0.196. The number of hydrogen-bond donors (Lipinski definition) is 1. The molecule has 150 valence electrons. The number of rotatable bonds is 8. The average molecular weight is 380 g/mol. The Labute approximate surface area is 168 Å². The van der Waals surface area contributed by atoms with E-state index in [-0.39, 0.29) is 12.6 Å². The van der Waals surface area contributed by atoms with Gasteiger partial charge in [-0.25, -0.2) is 4.98 Å². The van der Waals surface area contributed by atoms with Crippen LogP contribution in [0.5, 0.6) is 0 Å². The van der Waals surface area contributed by atoms with Gasteiger partial charge in [0.25, 0.3) is 0 Å². The molecule has 3 aromatic heterocycles. The molecular formula is C24H33N3O. The predicted molar refractivity (Wildman–Crippen MR) is 117 cm³/mol. The molecule has 0 saturated heterocycles. The van der Waals surface area contributed by atoms with Crippen LogP contribution in [0.2, 0.25) is 0 Å². The number of aromatic nitrogens is 3. The predicted octanol–water partition coefficient (Wildman–Crippen LogP) is 5.43. The van der Waals surface area contributed by atoms with Crippen LogP contribution in [0.25, 0.3) is 22.3 Å². The van der Waals surface area contributed by atoms with E-state index in [2.05, 4.69) is 63.6 Å². The smallest absolute Gasteiger partial charge is 0.0917 e. The lowest BCUT2D eigenvalue weighted by molar-refractivity contribution is 0.264. The fourth-order valence-electron chi connectivity index (χ4n) is 3.99. The number of aliphatic hydroxyl groups excluding tert-OH is 1. The Kier molecular flexibility index (Phi) is 6.50. The Hall–Kier alpha value is -2.20. The molecule has 4 nitrogen and oxygen atoms in total. The minimum absolute atomic E-state index is 0.196. The van der Waals surface area contributed by atoms with Gasteiger partial charge in [0.1, 0.15) is 0 Å². The van der Waals surface area contributed by atoms with Crippen LogP contribution in [0.1, 0.15) is 69.1 Å². The highest BCUT2D eigenvalue weighted by molar-refractivity contribution is 5.84. The summed E-state index contributed by atoms with van der Waals surface area (Å²) in [7, 11) is 0. The monoisotopic (exact) mass is 379 g/mol. The largest absolute Gasteiger partial charge is 0.396 e. The standard InChI is InChI=1S/C24H33N3O/c1-6-9-19-10-11-20(21(8-3)25-19)24-18(7-2)14-22-23(26-24)16(4)15-27(22)17(5)12-13-28/h10-11,14-15,17,28H,6-9,12-13H2,1-5H3/t17-/m1/s1. The summed E-state index contributed by atoms with van der Waals surface area (Å²) in [6, 6.07) is 6.91. The topological polar surface area (TPSA) is 50.9 Å². The van der Waals surface area contributed by atoms with Crippen molar-refractivity contribution >= 4 is 11.0 Å². The Morgan fingerprint density at radius 1 is 1.11 bits per heavy atom. The summed E-state index contributed by atoms with van der Waals surface area (Å²) in [5, 5.41) is 9.35. The first-order valence-corrected chi connectivity index (χ1v) is 10.6. The zero-order chi connectivity index (χ0) is 20.3. The molecule has 0 fully saturated rings. The summed E-state index contributed by atoms with van der Waals surface area (Å²) in [5.74, 6) is 0. The molecule has 0 aliphatic carbocycles. The molecule has 0 bridgehead atoms. The Balaban J connectivity index is 2.18. The quantitative estimate of drug-likeness (QED) is 0.568. The molecule has 0 radical (unpaired) electrons. The van der Waals surface area contributed by atoms with Crippen molar-refractivity contribution in [3.8, 4) is 11.3 Å². The van der Waals surface area contributed by atoms with Crippen molar-refractivity contribution in [3.63, 3.8) is 0 Å². The van der Waals surface area contributed by atoms with Crippen molar-refractivity contribution in [2.24, 2.45) is 0 Å². The molecule has 3 rings (SSSR count). The molecule has 0 aliphatic rings. The third kappa shape index (κ3) is 3.83. The van der Waals surface area contributed by atoms with Gasteiger partial charge in [-0.2, -0.15) is 0 Å². The number of nitrogens with zero attached hydrogens (tertiary/aromatic N) is 3. The van der Waals surface area contributed by atoms with Crippen LogP contribution >= 0.6 is 0 Å². The first kappa shape index (κ1) is 20.5. The molecule has 0 aliphatic heterocycles. The molecule has 0 saturated carbocycles. The maximum absolute atomic E-state index is 9.35. The molecule has 0 unspecified atom stereocenters. The van der Waals surface area contributed by atoms with Crippen molar-refractivity contribution < 1.29 is 5.11 Å². The molecule has 0 aromatic carbocycles. The van der Waals surface area contributed by atoms with Crippen molar-refractivity contribution in [3.05, 3.63) is 46.9 Å². The van der Waals surface area contributed by atoms with E-state index < -0.39 is 0 Å². The van der Waals surface area contributed by atoms with Crippen LogP contribution in [-0.4, -0.2) is 26.2 Å². The van der Waals surface area contributed by atoms with Crippen molar-refractivity contribution in [1.29, 1.82) is 0 Å². The summed E-state index contributed by atoms with van der Waals surface area (Å²) in [4.78, 5) is 10.1. The molecule has 4 heteroatoms. The molecule has 0 amide bonds. The molecular weight excluding hydrogens is 346 g/mol. The van der Waals surface area contributed by atoms with E-state index in [4.69, 9.17) is 9.97 Å². The highest BCUT2D eigenvalue weighted by Crippen LogP contribution is 2.32. The van der Waals surface area contributed by atoms with Crippen LogP contribution in [0.15, 0.2) is 24.4 Å². The summed E-state index contributed by atoms with van der Waals surface area (Å²) < 4.78 is 2.26. The summed E-state index contributed by atoms with van der Waals surface area (Å²) in [5.41, 5.74) is 9.18. The van der Waals surface area contributed by atoms with Gasteiger partial charge < -0.3 is 9.67 Å². The van der Waals surface area contributed by atoms with Crippen LogP contribution < -0.4 is 0 Å². The second kappa shape index (κ2) is 8.87. The van der Waals surface area contributed by atoms with Crippen molar-refractivity contribution in [1.82, 2.24) is 14.5 Å². The Morgan fingerprint density at radius 3 is 2.54 bits per heavy atom. The lowest BCUT2D eigenvalue weighted by atomic mass is 9.99. The van der Waals surface area contributed by atoms with Crippen LogP contribution in [0.3, 0.4) is 0 Å². The molecule has 3 heterocycles. The van der Waals surface area contributed by atoms with Gasteiger partial charge in [0.2, 0.25) is 0 Å². The number of aryl methyl sites for hydroxylation is 4. The Morgan fingerprint density at radius 2 is 1.89 bits per heavy atom. The highest BCUT2D eigenvalue weighted by atomic mass is 16.3. The van der Waals surface area contributed by atoms with Gasteiger partial charge in [-0.1, -0.05) is 27.2 Å². The van der Waals surface area contributed by atoms with E-state index in [1.807, 2.05) is 0 Å². The van der Waals surface area contributed by atoms with Gasteiger partial charge in [-0.15, -0.1) is 0 Å². The maximum Gasteiger partial charge on any atom is 0.0917 e. The van der Waals surface area contributed by atoms with Crippen molar-refractivity contribution in [2.75, 3.05) is 6.61 Å². The maximum atomic E-state index is 9.35. The lowest BCUT2D eigenvalue weighted by Gasteiger charge is -2.16. The average Bonchev–Trinajstić information content (AvgIpc) is 3.03. The fraction of sp³-hybridized carbons (Fsp3) is 0.500. The van der Waals surface area contributed by atoms with Gasteiger partial charge in [0.15, 0.2) is 0 Å². The number of aliphatic hydroxyl groups is 1. The van der Waals surface area contributed by atoms with E-state index in [1.54, 1.807) is 0 Å². The second-order valence-corrected chi connectivity index (χ2v) is 7.70. The fourth-order valence-corrected chi connectivity index (χ4v) is 3.99. The summed E-state index contributed by atoms with van der Waals surface area (Å²) in [6.45, 7) is 11.0. The SMILES string of the molecule is CCCc1ccc(-c2nc3c(C)cn([C@H](C)CCO)c3cc2CC)c(CC)n1. The number of pyridine rings is 2. The van der Waals surface area contributed by atoms with Crippen molar-refractivity contribution in [2.45, 2.75) is 72.8 Å². The Bertz CT molecular complexity index is 958. The van der Waals surface area contributed by atoms with Crippen LogP contribution in [-0.2, 0) is 19.3 Å². The number of hydrogen-bond acceptors (Lipinski definition) is 3. The third-order valence-electron chi connectivity index (χ3n) is 5.60. The zero-order valence-corrected chi connectivity index (χ0v) is 17.9. The highest BCUT2D eigenvalue weighted by Gasteiger charge is 2.18. The van der Waals surface area contributed by atoms with Crippen LogP contribution in [0, 0.1) is 6.92 Å². The second-order valence-electron chi connectivity index (χ2n) is 7.70. The zero-order valence-electron chi connectivity index (χ0n) is 17.9. The van der Waals surface area contributed by atoms with Gasteiger partial charge in [-0.3, -0.25) is 4.98 Å².